The summed E-state index contributed by atoms with van der Waals surface area (Å²) < 4.78 is 19.7. The van der Waals surface area contributed by atoms with Crippen molar-refractivity contribution in [3.63, 3.8) is 0 Å². The van der Waals surface area contributed by atoms with E-state index in [0.29, 0.717) is 13.2 Å². The van der Waals surface area contributed by atoms with Gasteiger partial charge in [0.1, 0.15) is 93.1 Å². The van der Waals surface area contributed by atoms with Crippen LogP contribution in [0.25, 0.3) is 0 Å². The molecule has 0 bridgehead atoms. The lowest BCUT2D eigenvalue weighted by Crippen LogP contribution is -2.52. The highest BCUT2D eigenvalue weighted by Crippen LogP contribution is 2.10. The molecule has 82 heavy (non-hydrogen) atoms. The molecule has 0 aromatic heterocycles. The van der Waals surface area contributed by atoms with Crippen LogP contribution in [0.4, 0.5) is 0 Å². The Labute approximate surface area is 491 Å². The Morgan fingerprint density at radius 2 is 0.610 bits per heavy atom. The summed E-state index contributed by atoms with van der Waals surface area (Å²) >= 11 is 0. The van der Waals surface area contributed by atoms with Gasteiger partial charge in [-0.2, -0.15) is 0 Å². The van der Waals surface area contributed by atoms with E-state index in [1.54, 1.807) is 0 Å². The maximum Gasteiger partial charge on any atom is 0.167 e. The predicted molar refractivity (Wildman–Crippen MR) is 320 cm³/mol. The van der Waals surface area contributed by atoms with Gasteiger partial charge in [0.2, 0.25) is 0 Å². The van der Waals surface area contributed by atoms with Crippen LogP contribution in [0.2, 0.25) is 0 Å². The average molecular weight is 1200 g/mol. The third kappa shape index (κ3) is 311. The standard InChI is InChI=1S/C13H24O2.C12H25NO16.10C2H4.9CH2O/c14-12-10-8-6-4-2-1-3-5-7-9-11-13-15;1-15-3-5-17-10-12(13,9-14)11-18-6-8-20-22-24-26-28-29-27-25-23-21-19-7-4-16-2;19*1-2/h12-13H,1-11H2;6,8,14H,3-5,7,9-11,13H2,1-2H3;10*1-2H2;9*1H2/b;8-6-;;;;;;;;;;;;;;;;;;;. The number of aliphatic hydroxyl groups excluding tert-OH is 1. The highest BCUT2D eigenvalue weighted by molar-refractivity contribution is 5.49. The molecule has 0 amide bonds. The summed E-state index contributed by atoms with van der Waals surface area (Å²) in [5.74, 6) is 0. The zero-order chi connectivity index (χ0) is 70.7. The Hall–Kier alpha value is -7.49. The van der Waals surface area contributed by atoms with Gasteiger partial charge in [-0.1, -0.05) is 44.9 Å². The number of nitrogens with two attached hydrogens (primary N) is 1. The van der Waals surface area contributed by atoms with Gasteiger partial charge in [0, 0.05) is 52.3 Å². The van der Waals surface area contributed by atoms with Gasteiger partial charge in [-0.25, -0.2) is 4.89 Å². The maximum absolute atomic E-state index is 10.0. The highest BCUT2D eigenvalue weighted by Gasteiger charge is 2.25. The number of ether oxygens (including phenoxy) is 4. The molecule has 0 aromatic carbocycles. The molecule has 1 unspecified atom stereocenters. The second-order valence-corrected chi connectivity index (χ2v) is 8.77. The van der Waals surface area contributed by atoms with Gasteiger partial charge in [-0.05, 0) is 33.0 Å². The van der Waals surface area contributed by atoms with E-state index in [2.05, 4.69) is 191 Å². The molecule has 0 spiro atoms. The minimum absolute atomic E-state index is 0.0517. The second kappa shape index (κ2) is 307. The fourth-order valence-electron chi connectivity index (χ4n) is 2.81. The highest BCUT2D eigenvalue weighted by atomic mass is 17.9. The first-order chi connectivity index (χ1) is 40.6. The van der Waals surface area contributed by atoms with Crippen molar-refractivity contribution < 1.29 is 132 Å². The zero-order valence-electron chi connectivity index (χ0n) is 49.7. The van der Waals surface area contributed by atoms with E-state index in [0.717, 1.165) is 50.8 Å². The van der Waals surface area contributed by atoms with Crippen molar-refractivity contribution in [1.82, 2.24) is 0 Å². The molecule has 0 heterocycles. The molecule has 490 valence electrons. The Morgan fingerprint density at radius 3 is 0.878 bits per heavy atom. The quantitative estimate of drug-likeness (QED) is 0.0149. The Bertz CT molecular complexity index is 820. The minimum atomic E-state index is -1.11. The van der Waals surface area contributed by atoms with Crippen LogP contribution in [0.3, 0.4) is 0 Å². The summed E-state index contributed by atoms with van der Waals surface area (Å²) in [6.07, 6.45) is 16.4. The number of hydrogen-bond acceptors (Lipinski definition) is 28. The number of rotatable bonds is 35. The van der Waals surface area contributed by atoms with Crippen molar-refractivity contribution >= 4 is 73.7 Å². The van der Waals surface area contributed by atoms with Gasteiger partial charge in [-0.15, -0.1) is 132 Å². The van der Waals surface area contributed by atoms with Crippen molar-refractivity contribution in [2.24, 2.45) is 5.73 Å². The fourth-order valence-corrected chi connectivity index (χ4v) is 2.81. The topological polar surface area (TPSA) is 372 Å². The van der Waals surface area contributed by atoms with Gasteiger partial charge in [0.25, 0.3) is 0 Å². The number of unbranched alkanes of at least 4 members (excludes halogenated alkanes) is 10. The van der Waals surface area contributed by atoms with Crippen LogP contribution < -0.4 is 5.73 Å². The van der Waals surface area contributed by atoms with Gasteiger partial charge >= 0.3 is 0 Å². The molecule has 28 nitrogen and oxygen atoms in total. The molecule has 0 rings (SSSR count). The van der Waals surface area contributed by atoms with E-state index in [1.165, 1.54) is 59.2 Å². The lowest BCUT2D eigenvalue weighted by Gasteiger charge is -2.25. The summed E-state index contributed by atoms with van der Waals surface area (Å²) in [4.78, 5) is 101. The lowest BCUT2D eigenvalue weighted by molar-refractivity contribution is -0.853. The van der Waals surface area contributed by atoms with Crippen LogP contribution >= 0.6 is 0 Å². The van der Waals surface area contributed by atoms with E-state index in [-0.39, 0.29) is 33.0 Å². The Balaban J connectivity index is -0.0000000313. The first kappa shape index (κ1) is 141. The smallest absolute Gasteiger partial charge is 0.167 e. The molecule has 0 aliphatic heterocycles. The predicted octanol–water partition coefficient (Wildman–Crippen LogP) is 8.84. The van der Waals surface area contributed by atoms with Gasteiger partial charge in [0.05, 0.1) is 38.6 Å². The summed E-state index contributed by atoms with van der Waals surface area (Å²) in [7, 11) is 2.99. The molecule has 0 saturated carbocycles. The molecular weight excluding hydrogens is 1090 g/mol. The molecule has 0 fully saturated rings. The number of carbonyl (C=O) groups is 11. The molecule has 0 aliphatic rings. The summed E-state index contributed by atoms with van der Waals surface area (Å²) in [6, 6.07) is 0. The molecule has 0 aromatic rings. The van der Waals surface area contributed by atoms with Crippen LogP contribution in [0, 0.1) is 0 Å². The van der Waals surface area contributed by atoms with E-state index in [4.69, 9.17) is 63.1 Å². The molecule has 0 aliphatic carbocycles. The number of aliphatic hydroxyl groups is 1. The van der Waals surface area contributed by atoms with E-state index in [1.807, 2.05) is 61.1 Å². The lowest BCUT2D eigenvalue weighted by atomic mass is 10.1. The van der Waals surface area contributed by atoms with Gasteiger partial charge < -0.3 is 87.4 Å². The SMILES string of the molecule is C=C.C=C.C=C.C=C.C=C.C=C.C=C.C=C.C=C.C=C.C=O.C=O.C=O.C=O.C=O.C=O.C=O.C=O.C=O.COCCOCC(N)(CO)CO/C=C\OOOOOOOOOOOCCOC.O=CCCCCCCCCCCCC=O. The van der Waals surface area contributed by atoms with E-state index >= 15 is 0 Å². The zero-order valence-corrected chi connectivity index (χ0v) is 49.7. The van der Waals surface area contributed by atoms with Gasteiger partial charge in [0.15, 0.2) is 6.26 Å². The van der Waals surface area contributed by atoms with Crippen LogP contribution in [-0.4, -0.2) is 145 Å². The normalized spacial score (nSPS) is 7.61. The first-order valence-corrected chi connectivity index (χ1v) is 21.6. The number of carbonyl (C=O) groups excluding carboxylic acids is 11. The molecule has 0 radical (unpaired) electrons. The molecule has 3 N–H and O–H groups in total. The van der Waals surface area contributed by atoms with Crippen LogP contribution in [0.15, 0.2) is 144 Å². The number of aldehydes is 2. The second-order valence-electron chi connectivity index (χ2n) is 8.77. The van der Waals surface area contributed by atoms with Crippen LogP contribution in [0.1, 0.15) is 70.6 Å². The van der Waals surface area contributed by atoms with Gasteiger partial charge in [-0.3, -0.25) is 0 Å². The van der Waals surface area contributed by atoms with E-state index in [9.17, 15) is 14.7 Å². The summed E-state index contributed by atoms with van der Waals surface area (Å²) in [5, 5.41) is 43.5. The van der Waals surface area contributed by atoms with Crippen LogP contribution in [0.5, 0.6) is 0 Å². The third-order valence-corrected chi connectivity index (χ3v) is 5.04. The monoisotopic (exact) mass is 1200 g/mol. The molecule has 0 saturated heterocycles. The Morgan fingerprint density at radius 1 is 0.354 bits per heavy atom. The molecular formula is C54H107NO27. The number of methoxy groups -OCH3 is 2. The third-order valence-electron chi connectivity index (χ3n) is 5.04. The largest absolute Gasteiger partial charge is 0.496 e. The van der Waals surface area contributed by atoms with Crippen LogP contribution in [-0.2, 0) is 127 Å². The van der Waals surface area contributed by atoms with Crippen molar-refractivity contribution in [1.29, 1.82) is 0 Å². The van der Waals surface area contributed by atoms with Crippen molar-refractivity contribution in [3.05, 3.63) is 144 Å². The molecule has 28 heteroatoms. The summed E-state index contributed by atoms with van der Waals surface area (Å²) in [5.41, 5.74) is 4.76. The average Bonchev–Trinajstić information content (AvgIpc) is 3.61. The first-order valence-electron chi connectivity index (χ1n) is 21.6. The van der Waals surface area contributed by atoms with Crippen molar-refractivity contribution in [2.45, 2.75) is 76.2 Å². The minimum Gasteiger partial charge on any atom is -0.496 e. The fraction of sp³-hybridized carbons (Fsp3) is 0.389. The maximum atomic E-state index is 10.0. The van der Waals surface area contributed by atoms with Crippen molar-refractivity contribution in [3.8, 4) is 0 Å². The van der Waals surface area contributed by atoms with Crippen molar-refractivity contribution in [2.75, 3.05) is 60.5 Å². The molecule has 1 atom stereocenters. The number of hydrogen-bond donors (Lipinski definition) is 2. The van der Waals surface area contributed by atoms with E-state index < -0.39 is 5.54 Å². The Kier molecular flexibility index (Phi) is 526. The summed E-state index contributed by atoms with van der Waals surface area (Å²) in [6.45, 7) is 78.7.